The van der Waals surface area contributed by atoms with E-state index < -0.39 is 41.4 Å². The van der Waals surface area contributed by atoms with Crippen molar-refractivity contribution in [3.05, 3.63) is 119 Å². The van der Waals surface area contributed by atoms with E-state index >= 15 is 0 Å². The number of carbonyl (C=O) groups is 3. The molecule has 8 nitrogen and oxygen atoms in total. The fourth-order valence-corrected chi connectivity index (χ4v) is 5.93. The Hall–Kier alpha value is -4.84. The molecule has 12 heteroatoms. The van der Waals surface area contributed by atoms with Crippen molar-refractivity contribution in [1.29, 1.82) is 0 Å². The predicted octanol–water partition coefficient (Wildman–Crippen LogP) is 8.56. The molecular weight excluding hydrogens is 653 g/mol. The molecule has 1 atom stereocenters. The van der Waals surface area contributed by atoms with Crippen LogP contribution in [0.1, 0.15) is 65.5 Å². The van der Waals surface area contributed by atoms with Crippen LogP contribution in [0.5, 0.6) is 0 Å². The largest absolute Gasteiger partial charge is 0.487 e. The van der Waals surface area contributed by atoms with Crippen LogP contribution in [0, 0.1) is 0 Å². The van der Waals surface area contributed by atoms with Gasteiger partial charge in [0.1, 0.15) is 0 Å². The zero-order valence-corrected chi connectivity index (χ0v) is 28.4. The quantitative estimate of drug-likeness (QED) is 0.125. The summed E-state index contributed by atoms with van der Waals surface area (Å²) < 4.78 is 43.3. The van der Waals surface area contributed by atoms with Crippen molar-refractivity contribution in [3.63, 3.8) is 0 Å². The second-order valence-electron chi connectivity index (χ2n) is 11.4. The van der Waals surface area contributed by atoms with Gasteiger partial charge in [0, 0.05) is 36.3 Å². The number of alkyl halides is 3. The van der Waals surface area contributed by atoms with Crippen molar-refractivity contribution in [3.8, 4) is 0 Å². The molecule has 0 spiro atoms. The molecule has 0 bridgehead atoms. The number of aliphatic carboxylic acids is 1. The van der Waals surface area contributed by atoms with E-state index in [1.54, 1.807) is 61.5 Å². The number of carbonyl (C=O) groups excluding carboxylic acids is 2. The van der Waals surface area contributed by atoms with Crippen LogP contribution in [0.4, 0.5) is 30.4 Å². The van der Waals surface area contributed by atoms with Crippen LogP contribution in [0.3, 0.4) is 0 Å². The summed E-state index contributed by atoms with van der Waals surface area (Å²) in [5.41, 5.74) is 2.09. The Morgan fingerprint density at radius 2 is 1.41 bits per heavy atom. The van der Waals surface area contributed by atoms with Crippen molar-refractivity contribution >= 4 is 46.7 Å². The zero-order chi connectivity index (χ0) is 35.6. The van der Waals surface area contributed by atoms with Gasteiger partial charge in [-0.2, -0.15) is 0 Å². The summed E-state index contributed by atoms with van der Waals surface area (Å²) in [5.74, 6) is -2.75. The molecule has 3 aromatic carbocycles. The van der Waals surface area contributed by atoms with Crippen LogP contribution in [0.15, 0.2) is 97.2 Å². The standard InChI is InChI=1S/C37H39F3N4O4S/c1-4-22-42(23-5-2)30-17-19-31(20-18-30)44(34(45)29-15-13-28(14-16-29)25-49-26(3)36(47)48)33-32(12-9-21-41-33)35(46)43(37(38,39)40)24-27-10-7-6-8-11-27/h6-21,26H,4-5,22-25H2,1-3H3,(H,47,48). The Kier molecular flexibility index (Phi) is 12.8. The number of rotatable bonds is 15. The van der Waals surface area contributed by atoms with Crippen LogP contribution in [0.2, 0.25) is 0 Å². The first-order valence-corrected chi connectivity index (χ1v) is 17.0. The number of carboxylic acids is 1. The molecule has 0 aliphatic carbocycles. The van der Waals surface area contributed by atoms with Crippen LogP contribution in [0.25, 0.3) is 0 Å². The molecule has 0 radical (unpaired) electrons. The minimum atomic E-state index is -5.02. The van der Waals surface area contributed by atoms with Gasteiger partial charge in [-0.15, -0.1) is 24.9 Å². The van der Waals surface area contributed by atoms with Crippen LogP contribution >= 0.6 is 11.8 Å². The topological polar surface area (TPSA) is 94.0 Å². The van der Waals surface area contributed by atoms with Gasteiger partial charge in [-0.25, -0.2) is 9.88 Å². The fraction of sp³-hybridized carbons (Fsp3) is 0.297. The van der Waals surface area contributed by atoms with E-state index in [-0.39, 0.29) is 21.8 Å². The first-order chi connectivity index (χ1) is 23.4. The van der Waals surface area contributed by atoms with Crippen molar-refractivity contribution in [2.45, 2.75) is 57.5 Å². The third-order valence-electron chi connectivity index (χ3n) is 7.68. The number of benzene rings is 3. The lowest BCUT2D eigenvalue weighted by molar-refractivity contribution is -0.227. The maximum atomic E-state index is 14.4. The molecule has 49 heavy (non-hydrogen) atoms. The van der Waals surface area contributed by atoms with Crippen molar-refractivity contribution in [2.75, 3.05) is 22.9 Å². The van der Waals surface area contributed by atoms with E-state index in [1.807, 2.05) is 12.1 Å². The summed E-state index contributed by atoms with van der Waals surface area (Å²) in [6.07, 6.45) is -1.85. The minimum absolute atomic E-state index is 0.188. The number of hydrogen-bond donors (Lipinski definition) is 1. The van der Waals surface area contributed by atoms with Crippen LogP contribution in [-0.2, 0) is 17.1 Å². The SMILES string of the molecule is CCCN(CCC)c1ccc(N(C(=O)c2ccc(CSC(C)C(=O)O)cc2)c2ncccc2C(=O)N(Cc2ccccc2)C(F)(F)F)cc1. The van der Waals surface area contributed by atoms with Gasteiger partial charge in [-0.3, -0.25) is 19.3 Å². The molecular formula is C37H39F3N4O4S. The highest BCUT2D eigenvalue weighted by Crippen LogP contribution is 2.34. The maximum absolute atomic E-state index is 14.4. The third-order valence-corrected chi connectivity index (χ3v) is 8.88. The lowest BCUT2D eigenvalue weighted by Gasteiger charge is -2.29. The second kappa shape index (κ2) is 17.0. The molecule has 0 saturated heterocycles. The van der Waals surface area contributed by atoms with Crippen LogP contribution < -0.4 is 9.80 Å². The van der Waals surface area contributed by atoms with Crippen LogP contribution in [-0.4, -0.2) is 57.4 Å². The van der Waals surface area contributed by atoms with Crippen molar-refractivity contribution < 1.29 is 32.7 Å². The molecule has 4 rings (SSSR count). The number of aromatic nitrogens is 1. The number of thioether (sulfide) groups is 1. The summed E-state index contributed by atoms with van der Waals surface area (Å²) in [7, 11) is 0. The van der Waals surface area contributed by atoms with Gasteiger partial charge in [0.25, 0.3) is 11.8 Å². The van der Waals surface area contributed by atoms with E-state index in [1.165, 1.54) is 42.2 Å². The lowest BCUT2D eigenvalue weighted by Crippen LogP contribution is -2.43. The molecule has 258 valence electrons. The van der Waals surface area contributed by atoms with Gasteiger partial charge < -0.3 is 10.0 Å². The Bertz CT molecular complexity index is 1700. The Labute approximate surface area is 288 Å². The van der Waals surface area contributed by atoms with E-state index in [4.69, 9.17) is 0 Å². The fourth-order valence-electron chi connectivity index (χ4n) is 5.15. The average Bonchev–Trinajstić information content (AvgIpc) is 3.10. The highest BCUT2D eigenvalue weighted by atomic mass is 32.2. The number of anilines is 3. The number of carboxylic acid groups (broad SMARTS) is 1. The van der Waals surface area contributed by atoms with E-state index in [0.29, 0.717) is 11.4 Å². The number of hydrogen-bond acceptors (Lipinski definition) is 6. The summed E-state index contributed by atoms with van der Waals surface area (Å²) in [6, 6.07) is 24.0. The van der Waals surface area contributed by atoms with Gasteiger partial charge in [-0.1, -0.05) is 56.3 Å². The maximum Gasteiger partial charge on any atom is 0.487 e. The Morgan fingerprint density at radius 1 is 0.796 bits per heavy atom. The minimum Gasteiger partial charge on any atom is -0.480 e. The average molecular weight is 693 g/mol. The van der Waals surface area contributed by atoms with Gasteiger partial charge in [0.2, 0.25) is 0 Å². The number of halogens is 3. The van der Waals surface area contributed by atoms with Crippen molar-refractivity contribution in [1.82, 2.24) is 9.88 Å². The number of amides is 2. The van der Waals surface area contributed by atoms with E-state index in [9.17, 15) is 32.7 Å². The van der Waals surface area contributed by atoms with Gasteiger partial charge in [0.05, 0.1) is 23.0 Å². The summed E-state index contributed by atoms with van der Waals surface area (Å²) in [4.78, 5) is 46.8. The van der Waals surface area contributed by atoms with Gasteiger partial charge in [0.15, 0.2) is 5.82 Å². The van der Waals surface area contributed by atoms with Gasteiger partial charge in [-0.05, 0) is 79.4 Å². The molecule has 0 saturated carbocycles. The monoisotopic (exact) mass is 692 g/mol. The second-order valence-corrected chi connectivity index (χ2v) is 12.7. The highest BCUT2D eigenvalue weighted by Gasteiger charge is 2.43. The molecule has 1 N–H and O–H groups in total. The molecule has 1 heterocycles. The number of nitrogens with zero attached hydrogens (tertiary/aromatic N) is 4. The first-order valence-electron chi connectivity index (χ1n) is 15.9. The summed E-state index contributed by atoms with van der Waals surface area (Å²) >= 11 is 1.23. The normalized spacial score (nSPS) is 11.9. The first kappa shape index (κ1) is 37.0. The van der Waals surface area contributed by atoms with Crippen molar-refractivity contribution in [2.24, 2.45) is 0 Å². The van der Waals surface area contributed by atoms with Gasteiger partial charge >= 0.3 is 12.3 Å². The molecule has 0 aliphatic heterocycles. The zero-order valence-electron chi connectivity index (χ0n) is 27.6. The summed E-state index contributed by atoms with van der Waals surface area (Å²) in [5, 5.41) is 8.58. The highest BCUT2D eigenvalue weighted by molar-refractivity contribution is 7.99. The number of pyridine rings is 1. The molecule has 1 aromatic heterocycles. The third kappa shape index (κ3) is 9.62. The van der Waals surface area contributed by atoms with E-state index in [0.717, 1.165) is 42.1 Å². The molecule has 2 amide bonds. The Morgan fingerprint density at radius 3 is 1.98 bits per heavy atom. The molecule has 1 unspecified atom stereocenters. The molecule has 4 aromatic rings. The van der Waals surface area contributed by atoms with E-state index in [2.05, 4.69) is 23.7 Å². The molecule has 0 fully saturated rings. The summed E-state index contributed by atoms with van der Waals surface area (Å²) in [6.45, 7) is 6.65. The lowest BCUT2D eigenvalue weighted by atomic mass is 10.1. The molecule has 0 aliphatic rings. The predicted molar refractivity (Wildman–Crippen MR) is 187 cm³/mol. The smallest absolute Gasteiger partial charge is 0.480 e. The Balaban J connectivity index is 1.78.